The van der Waals surface area contributed by atoms with E-state index in [4.69, 9.17) is 5.73 Å². The fraction of sp³-hybridized carbons (Fsp3) is 0.278. The van der Waals surface area contributed by atoms with Gasteiger partial charge in [0.25, 0.3) is 0 Å². The summed E-state index contributed by atoms with van der Waals surface area (Å²) in [6, 6.07) is 5.00. The van der Waals surface area contributed by atoms with Gasteiger partial charge in [0.05, 0.1) is 17.1 Å². The zero-order valence-electron chi connectivity index (χ0n) is 13.9. The molecule has 0 amide bonds. The second-order valence-corrected chi connectivity index (χ2v) is 6.04. The third kappa shape index (κ3) is 2.74. The number of rotatable bonds is 3. The highest BCUT2D eigenvalue weighted by Crippen LogP contribution is 2.24. The van der Waals surface area contributed by atoms with Gasteiger partial charge < -0.3 is 15.5 Å². The molecule has 0 unspecified atom stereocenters. The fourth-order valence-electron chi connectivity index (χ4n) is 2.93. The number of nitrogen functional groups attached to an aromatic ring is 1. The minimum absolute atomic E-state index is 0.199. The Bertz CT molecular complexity index is 873. The van der Waals surface area contributed by atoms with Crippen LogP contribution in [0.1, 0.15) is 28.1 Å². The average Bonchev–Trinajstić information content (AvgIpc) is 2.74. The van der Waals surface area contributed by atoms with Crippen molar-refractivity contribution in [1.82, 2.24) is 9.38 Å². The number of halogens is 1. The van der Waals surface area contributed by atoms with Crippen molar-refractivity contribution in [1.29, 1.82) is 0 Å². The maximum atomic E-state index is 13.4. The molecular formula is C18H21FN4. The first-order valence-corrected chi connectivity index (χ1v) is 7.61. The van der Waals surface area contributed by atoms with Crippen LogP contribution in [0.4, 0.5) is 15.8 Å². The van der Waals surface area contributed by atoms with Gasteiger partial charge in [-0.3, -0.25) is 0 Å². The Kier molecular flexibility index (Phi) is 3.72. The van der Waals surface area contributed by atoms with Crippen LogP contribution in [0.3, 0.4) is 0 Å². The Balaban J connectivity index is 1.98. The molecule has 0 saturated carbocycles. The number of anilines is 2. The summed E-state index contributed by atoms with van der Waals surface area (Å²) in [5.41, 5.74) is 13.4. The third-order valence-corrected chi connectivity index (χ3v) is 4.33. The Hall–Kier alpha value is -2.56. The largest absolute Gasteiger partial charge is 0.397 e. The average molecular weight is 312 g/mol. The van der Waals surface area contributed by atoms with Crippen LogP contribution in [0, 0.1) is 33.5 Å². The lowest BCUT2D eigenvalue weighted by Crippen LogP contribution is -2.06. The number of benzene rings is 1. The molecule has 2 aromatic heterocycles. The second-order valence-electron chi connectivity index (χ2n) is 6.04. The highest BCUT2D eigenvalue weighted by molar-refractivity contribution is 5.73. The van der Waals surface area contributed by atoms with Crippen LogP contribution in [0.25, 0.3) is 5.65 Å². The zero-order valence-corrected chi connectivity index (χ0v) is 13.9. The Morgan fingerprint density at radius 2 is 1.78 bits per heavy atom. The molecule has 23 heavy (non-hydrogen) atoms. The summed E-state index contributed by atoms with van der Waals surface area (Å²) in [5, 5.41) is 3.40. The van der Waals surface area contributed by atoms with E-state index in [9.17, 15) is 4.39 Å². The number of nitrogens with zero attached hydrogens (tertiary/aromatic N) is 2. The van der Waals surface area contributed by atoms with Crippen LogP contribution in [0.2, 0.25) is 0 Å². The van der Waals surface area contributed by atoms with E-state index < -0.39 is 0 Å². The van der Waals surface area contributed by atoms with Crippen LogP contribution in [-0.4, -0.2) is 9.38 Å². The van der Waals surface area contributed by atoms with E-state index in [2.05, 4.69) is 10.3 Å². The number of aromatic nitrogens is 2. The lowest BCUT2D eigenvalue weighted by molar-refractivity contribution is 0.624. The van der Waals surface area contributed by atoms with Gasteiger partial charge in [0.2, 0.25) is 0 Å². The third-order valence-electron chi connectivity index (χ3n) is 4.33. The van der Waals surface area contributed by atoms with Crippen molar-refractivity contribution in [2.75, 3.05) is 11.1 Å². The molecule has 0 atom stereocenters. The number of aryl methyl sites for hydroxylation is 4. The van der Waals surface area contributed by atoms with Crippen LogP contribution >= 0.6 is 0 Å². The van der Waals surface area contributed by atoms with Gasteiger partial charge in [-0.05, 0) is 62.6 Å². The van der Waals surface area contributed by atoms with E-state index in [-0.39, 0.29) is 5.82 Å². The molecule has 3 N–H and O–H groups in total. The smallest absolute Gasteiger partial charge is 0.160 e. The van der Waals surface area contributed by atoms with Gasteiger partial charge in [0, 0.05) is 18.4 Å². The molecule has 120 valence electrons. The van der Waals surface area contributed by atoms with E-state index in [1.54, 1.807) is 12.1 Å². The predicted octanol–water partition coefficient (Wildman–Crippen LogP) is 3.90. The molecule has 0 bridgehead atoms. The topological polar surface area (TPSA) is 55.3 Å². The lowest BCUT2D eigenvalue weighted by atomic mass is 10.0. The maximum absolute atomic E-state index is 13.4. The molecule has 0 aliphatic rings. The summed E-state index contributed by atoms with van der Waals surface area (Å²) in [7, 11) is 0. The van der Waals surface area contributed by atoms with Crippen molar-refractivity contribution in [2.45, 2.75) is 34.2 Å². The summed E-state index contributed by atoms with van der Waals surface area (Å²) < 4.78 is 15.4. The van der Waals surface area contributed by atoms with Gasteiger partial charge in [0.1, 0.15) is 5.82 Å². The molecule has 5 heteroatoms. The summed E-state index contributed by atoms with van der Waals surface area (Å²) in [5.74, 6) is -0.199. The molecule has 0 saturated heterocycles. The summed E-state index contributed by atoms with van der Waals surface area (Å²) in [6.45, 7) is 8.45. The van der Waals surface area contributed by atoms with Crippen LogP contribution in [0.5, 0.6) is 0 Å². The Labute approximate surface area is 135 Å². The van der Waals surface area contributed by atoms with Crippen molar-refractivity contribution in [3.63, 3.8) is 0 Å². The molecule has 2 heterocycles. The number of nitrogens with two attached hydrogens (primary N) is 1. The van der Waals surface area contributed by atoms with Crippen LogP contribution in [-0.2, 0) is 6.54 Å². The van der Waals surface area contributed by atoms with Crippen molar-refractivity contribution in [2.24, 2.45) is 0 Å². The number of nitrogens with one attached hydrogen (secondary N) is 1. The maximum Gasteiger partial charge on any atom is 0.160 e. The molecule has 0 fully saturated rings. The molecule has 0 aliphatic heterocycles. The van der Waals surface area contributed by atoms with Gasteiger partial charge in [-0.1, -0.05) is 0 Å². The Morgan fingerprint density at radius 3 is 2.43 bits per heavy atom. The van der Waals surface area contributed by atoms with Crippen LogP contribution in [0.15, 0.2) is 24.4 Å². The molecule has 3 aromatic rings. The van der Waals surface area contributed by atoms with Crippen molar-refractivity contribution in [3.8, 4) is 0 Å². The zero-order chi connectivity index (χ0) is 16.7. The summed E-state index contributed by atoms with van der Waals surface area (Å²) >= 11 is 0. The first-order chi connectivity index (χ1) is 10.9. The van der Waals surface area contributed by atoms with E-state index in [0.717, 1.165) is 39.4 Å². The summed E-state index contributed by atoms with van der Waals surface area (Å²) in [6.07, 6.45) is 1.88. The number of hydrogen-bond acceptors (Lipinski definition) is 3. The number of pyridine rings is 1. The van der Waals surface area contributed by atoms with Gasteiger partial charge >= 0.3 is 0 Å². The molecule has 0 aliphatic carbocycles. The predicted molar refractivity (Wildman–Crippen MR) is 92.3 cm³/mol. The highest BCUT2D eigenvalue weighted by Gasteiger charge is 2.11. The minimum Gasteiger partial charge on any atom is -0.397 e. The van der Waals surface area contributed by atoms with E-state index >= 15 is 0 Å². The summed E-state index contributed by atoms with van der Waals surface area (Å²) in [4.78, 5) is 4.61. The molecule has 1 aromatic carbocycles. The van der Waals surface area contributed by atoms with Crippen molar-refractivity contribution < 1.29 is 4.39 Å². The second kappa shape index (κ2) is 5.57. The minimum atomic E-state index is -0.199. The molecule has 3 rings (SSSR count). The first kappa shape index (κ1) is 15.3. The quantitative estimate of drug-likeness (QED) is 0.771. The first-order valence-electron chi connectivity index (χ1n) is 7.61. The van der Waals surface area contributed by atoms with E-state index in [0.29, 0.717) is 12.2 Å². The Morgan fingerprint density at radius 1 is 1.13 bits per heavy atom. The van der Waals surface area contributed by atoms with E-state index in [1.165, 1.54) is 0 Å². The van der Waals surface area contributed by atoms with E-state index in [1.807, 2.05) is 44.4 Å². The SMILES string of the molecule is Cc1cc(F)cc(C)c1CNc1cc(N)cn2c(C)c(C)nc12. The fourth-order valence-corrected chi connectivity index (χ4v) is 2.93. The lowest BCUT2D eigenvalue weighted by Gasteiger charge is -2.13. The van der Waals surface area contributed by atoms with Gasteiger partial charge in [-0.2, -0.15) is 0 Å². The highest BCUT2D eigenvalue weighted by atomic mass is 19.1. The van der Waals surface area contributed by atoms with Crippen molar-refractivity contribution >= 4 is 17.0 Å². The number of fused-ring (bicyclic) bond motifs is 1. The number of imidazole rings is 1. The normalized spacial score (nSPS) is 11.2. The number of hydrogen-bond donors (Lipinski definition) is 2. The standard InChI is InChI=1S/C18H21FN4/c1-10-5-14(19)6-11(2)16(10)8-21-17-7-15(20)9-23-13(4)12(3)22-18(17)23/h5-7,9,21H,8,20H2,1-4H3. The molecular weight excluding hydrogens is 291 g/mol. The van der Waals surface area contributed by atoms with Gasteiger partial charge in [-0.15, -0.1) is 0 Å². The van der Waals surface area contributed by atoms with Gasteiger partial charge in [-0.25, -0.2) is 9.37 Å². The van der Waals surface area contributed by atoms with Crippen molar-refractivity contribution in [3.05, 3.63) is 58.3 Å². The molecule has 0 radical (unpaired) electrons. The van der Waals surface area contributed by atoms with Gasteiger partial charge in [0.15, 0.2) is 5.65 Å². The van der Waals surface area contributed by atoms with Crippen LogP contribution < -0.4 is 11.1 Å². The monoisotopic (exact) mass is 312 g/mol. The molecule has 4 nitrogen and oxygen atoms in total. The molecule has 0 spiro atoms.